The van der Waals surface area contributed by atoms with Crippen molar-refractivity contribution < 1.29 is 4.74 Å². The summed E-state index contributed by atoms with van der Waals surface area (Å²) in [5.41, 5.74) is 2.91. The van der Waals surface area contributed by atoms with Crippen LogP contribution < -0.4 is 4.74 Å². The van der Waals surface area contributed by atoms with E-state index in [2.05, 4.69) is 21.3 Å². The van der Waals surface area contributed by atoms with Gasteiger partial charge in [-0.1, -0.05) is 30.3 Å². The number of hydrogen-bond acceptors (Lipinski definition) is 4. The van der Waals surface area contributed by atoms with E-state index in [4.69, 9.17) is 4.74 Å². The molecule has 24 heavy (non-hydrogen) atoms. The Kier molecular flexibility index (Phi) is 3.41. The molecule has 5 nitrogen and oxygen atoms in total. The molecule has 1 N–H and O–H groups in total. The second-order valence-electron chi connectivity index (χ2n) is 5.20. The van der Waals surface area contributed by atoms with E-state index in [1.54, 1.807) is 18.5 Å². The zero-order chi connectivity index (χ0) is 16.4. The van der Waals surface area contributed by atoms with E-state index >= 15 is 0 Å². The van der Waals surface area contributed by atoms with Crippen molar-refractivity contribution in [2.24, 2.45) is 0 Å². The lowest BCUT2D eigenvalue weighted by atomic mass is 10.0. The van der Waals surface area contributed by atoms with Crippen molar-refractivity contribution in [2.45, 2.75) is 0 Å². The lowest BCUT2D eigenvalue weighted by Gasteiger charge is -2.13. The molecule has 0 atom stereocenters. The number of H-pyrrole nitrogens is 1. The molecule has 0 spiro atoms. The number of rotatable bonds is 3. The molecule has 0 radical (unpaired) electrons. The summed E-state index contributed by atoms with van der Waals surface area (Å²) in [5.74, 6) is 1.21. The Bertz CT molecular complexity index is 1050. The van der Waals surface area contributed by atoms with Crippen LogP contribution in [0.1, 0.15) is 5.56 Å². The minimum atomic E-state index is 0.477. The maximum absolute atomic E-state index is 9.48. The number of hydrogen-bond donors (Lipinski definition) is 1. The second-order valence-corrected chi connectivity index (χ2v) is 5.20. The first-order valence-electron chi connectivity index (χ1n) is 7.41. The third-order valence-corrected chi connectivity index (χ3v) is 3.74. The Morgan fingerprint density at radius 3 is 2.67 bits per heavy atom. The number of nitrogens with zero attached hydrogens (tertiary/aromatic N) is 3. The van der Waals surface area contributed by atoms with Crippen LogP contribution in [-0.4, -0.2) is 15.2 Å². The lowest BCUT2D eigenvalue weighted by Crippen LogP contribution is -1.93. The maximum Gasteiger partial charge on any atom is 0.155 e. The summed E-state index contributed by atoms with van der Waals surface area (Å²) in [6, 6.07) is 19.0. The SMILES string of the molecule is N#Cc1cccc(-c2ccnc3[nH]ncc23)c1Oc1ccccc1. The Balaban J connectivity index is 1.93. The van der Waals surface area contributed by atoms with Crippen LogP contribution in [0.2, 0.25) is 0 Å². The maximum atomic E-state index is 9.48. The molecule has 114 valence electrons. The van der Waals surface area contributed by atoms with Crippen molar-refractivity contribution in [3.05, 3.63) is 72.6 Å². The molecule has 0 fully saturated rings. The van der Waals surface area contributed by atoms with Gasteiger partial charge in [-0.3, -0.25) is 5.10 Å². The van der Waals surface area contributed by atoms with Gasteiger partial charge < -0.3 is 4.74 Å². The number of nitriles is 1. The minimum Gasteiger partial charge on any atom is -0.455 e. The van der Waals surface area contributed by atoms with Crippen LogP contribution in [0.25, 0.3) is 22.2 Å². The van der Waals surface area contributed by atoms with Crippen LogP contribution in [0, 0.1) is 11.3 Å². The highest BCUT2D eigenvalue weighted by Gasteiger charge is 2.15. The van der Waals surface area contributed by atoms with Crippen molar-refractivity contribution in [1.29, 1.82) is 5.26 Å². The number of para-hydroxylation sites is 2. The van der Waals surface area contributed by atoms with Crippen LogP contribution in [-0.2, 0) is 0 Å². The number of pyridine rings is 1. The molecule has 0 bridgehead atoms. The number of nitrogens with one attached hydrogen (secondary N) is 1. The van der Waals surface area contributed by atoms with Crippen molar-refractivity contribution >= 4 is 11.0 Å². The fourth-order valence-corrected chi connectivity index (χ4v) is 2.64. The van der Waals surface area contributed by atoms with Gasteiger partial charge in [-0.05, 0) is 29.8 Å². The average molecular weight is 312 g/mol. The van der Waals surface area contributed by atoms with Gasteiger partial charge in [-0.25, -0.2) is 4.98 Å². The molecular formula is C19H12N4O. The zero-order valence-electron chi connectivity index (χ0n) is 12.6. The van der Waals surface area contributed by atoms with Gasteiger partial charge in [0.05, 0.1) is 11.8 Å². The first kappa shape index (κ1) is 14.0. The molecule has 2 heterocycles. The summed E-state index contributed by atoms with van der Waals surface area (Å²) < 4.78 is 6.04. The van der Waals surface area contributed by atoms with E-state index in [1.807, 2.05) is 48.5 Å². The number of aromatic nitrogens is 3. The molecule has 2 aromatic carbocycles. The Hall–Kier alpha value is -3.65. The second kappa shape index (κ2) is 5.86. The smallest absolute Gasteiger partial charge is 0.155 e. The van der Waals surface area contributed by atoms with E-state index in [0.717, 1.165) is 16.5 Å². The molecule has 4 aromatic rings. The minimum absolute atomic E-state index is 0.477. The summed E-state index contributed by atoms with van der Waals surface area (Å²) in [5, 5.41) is 17.3. The highest BCUT2D eigenvalue weighted by molar-refractivity contribution is 5.94. The van der Waals surface area contributed by atoms with Gasteiger partial charge in [0.15, 0.2) is 11.4 Å². The lowest BCUT2D eigenvalue weighted by molar-refractivity contribution is 0.483. The van der Waals surface area contributed by atoms with Gasteiger partial charge in [0, 0.05) is 17.1 Å². The van der Waals surface area contributed by atoms with E-state index in [-0.39, 0.29) is 0 Å². The first-order valence-corrected chi connectivity index (χ1v) is 7.41. The standard InChI is InChI=1S/C19H12N4O/c20-11-13-5-4-8-16(18(13)24-14-6-2-1-3-7-14)15-9-10-21-19-17(15)12-22-23-19/h1-10,12H,(H,21,22,23). The summed E-state index contributed by atoms with van der Waals surface area (Å²) in [4.78, 5) is 4.26. The van der Waals surface area contributed by atoms with Crippen LogP contribution in [0.3, 0.4) is 0 Å². The van der Waals surface area contributed by atoms with Gasteiger partial charge in [0.1, 0.15) is 11.8 Å². The van der Waals surface area contributed by atoms with Gasteiger partial charge in [-0.2, -0.15) is 10.4 Å². The predicted octanol–water partition coefficient (Wildman–Crippen LogP) is 4.29. The van der Waals surface area contributed by atoms with Crippen molar-refractivity contribution in [3.8, 4) is 28.7 Å². The van der Waals surface area contributed by atoms with E-state index in [1.165, 1.54) is 0 Å². The van der Waals surface area contributed by atoms with Crippen molar-refractivity contribution in [1.82, 2.24) is 15.2 Å². The average Bonchev–Trinajstić information content (AvgIpc) is 3.11. The van der Waals surface area contributed by atoms with E-state index < -0.39 is 0 Å². The fraction of sp³-hybridized carbons (Fsp3) is 0. The Morgan fingerprint density at radius 2 is 1.83 bits per heavy atom. The van der Waals surface area contributed by atoms with Crippen LogP contribution in [0.4, 0.5) is 0 Å². The number of fused-ring (bicyclic) bond motifs is 1. The van der Waals surface area contributed by atoms with Gasteiger partial charge in [0.25, 0.3) is 0 Å². The highest BCUT2D eigenvalue weighted by atomic mass is 16.5. The first-order chi connectivity index (χ1) is 11.9. The van der Waals surface area contributed by atoms with Gasteiger partial charge in [-0.15, -0.1) is 0 Å². The molecule has 2 aromatic heterocycles. The largest absolute Gasteiger partial charge is 0.455 e. The highest BCUT2D eigenvalue weighted by Crippen LogP contribution is 2.38. The molecule has 0 aliphatic rings. The van der Waals surface area contributed by atoms with Gasteiger partial charge >= 0.3 is 0 Å². The quantitative estimate of drug-likeness (QED) is 0.612. The fourth-order valence-electron chi connectivity index (χ4n) is 2.64. The summed E-state index contributed by atoms with van der Waals surface area (Å²) in [7, 11) is 0. The molecule has 0 unspecified atom stereocenters. The molecular weight excluding hydrogens is 300 g/mol. The van der Waals surface area contributed by atoms with Gasteiger partial charge in [0.2, 0.25) is 0 Å². The van der Waals surface area contributed by atoms with E-state index in [0.29, 0.717) is 22.7 Å². The molecule has 5 heteroatoms. The predicted molar refractivity (Wildman–Crippen MR) is 90.6 cm³/mol. The third-order valence-electron chi connectivity index (χ3n) is 3.74. The summed E-state index contributed by atoms with van der Waals surface area (Å²) >= 11 is 0. The summed E-state index contributed by atoms with van der Waals surface area (Å²) in [6.45, 7) is 0. The Labute approximate surface area is 138 Å². The monoisotopic (exact) mass is 312 g/mol. The molecule has 4 rings (SSSR count). The summed E-state index contributed by atoms with van der Waals surface area (Å²) in [6.07, 6.45) is 3.43. The third kappa shape index (κ3) is 2.36. The number of aromatic amines is 1. The molecule has 0 aliphatic carbocycles. The molecule has 0 amide bonds. The molecule has 0 saturated heterocycles. The number of ether oxygens (including phenoxy) is 1. The van der Waals surface area contributed by atoms with Crippen molar-refractivity contribution in [2.75, 3.05) is 0 Å². The topological polar surface area (TPSA) is 74.6 Å². The number of benzene rings is 2. The molecule has 0 saturated carbocycles. The zero-order valence-corrected chi connectivity index (χ0v) is 12.6. The molecule has 0 aliphatic heterocycles. The van der Waals surface area contributed by atoms with Crippen LogP contribution in [0.5, 0.6) is 11.5 Å². The van der Waals surface area contributed by atoms with Crippen molar-refractivity contribution in [3.63, 3.8) is 0 Å². The van der Waals surface area contributed by atoms with E-state index in [9.17, 15) is 5.26 Å². The van der Waals surface area contributed by atoms with Crippen LogP contribution >= 0.6 is 0 Å². The normalized spacial score (nSPS) is 10.5. The van der Waals surface area contributed by atoms with Crippen LogP contribution in [0.15, 0.2) is 67.0 Å². The Morgan fingerprint density at radius 1 is 0.958 bits per heavy atom.